The lowest BCUT2D eigenvalue weighted by Crippen LogP contribution is -2.06. The van der Waals surface area contributed by atoms with Crippen molar-refractivity contribution in [2.24, 2.45) is 0 Å². The summed E-state index contributed by atoms with van der Waals surface area (Å²) >= 11 is 0. The number of rotatable bonds is 8. The maximum absolute atomic E-state index is 10.6. The summed E-state index contributed by atoms with van der Waals surface area (Å²) in [6.45, 7) is 7.75. The molecule has 0 aromatic carbocycles. The minimum atomic E-state index is -0.859. The van der Waals surface area contributed by atoms with Crippen LogP contribution in [-0.2, 0) is 14.3 Å². The lowest BCUT2D eigenvalue weighted by Gasteiger charge is -2.06. The normalized spacial score (nSPS) is 12.5. The van der Waals surface area contributed by atoms with E-state index in [-0.39, 0.29) is 0 Å². The van der Waals surface area contributed by atoms with Crippen LogP contribution in [0.3, 0.4) is 0 Å². The molecule has 88 valence electrons. The minimum absolute atomic E-state index is 0.406. The quantitative estimate of drug-likeness (QED) is 0.497. The number of hydrogen-bond donors (Lipinski definition) is 1. The smallest absolute Gasteiger partial charge is 0.331 e. The largest absolute Gasteiger partial charge is 0.478 e. The van der Waals surface area contributed by atoms with E-state index in [1.165, 1.54) is 0 Å². The molecule has 4 nitrogen and oxygen atoms in total. The molecule has 0 fully saturated rings. The zero-order valence-electron chi connectivity index (χ0n) is 9.71. The van der Waals surface area contributed by atoms with Crippen LogP contribution in [0.2, 0.25) is 0 Å². The average molecular weight is 216 g/mol. The summed E-state index contributed by atoms with van der Waals surface area (Å²) < 4.78 is 10.4. The van der Waals surface area contributed by atoms with E-state index in [2.05, 4.69) is 0 Å². The highest BCUT2D eigenvalue weighted by molar-refractivity contribution is 5.86. The van der Waals surface area contributed by atoms with E-state index in [0.29, 0.717) is 38.4 Å². The van der Waals surface area contributed by atoms with Crippen LogP contribution in [0, 0.1) is 0 Å². The van der Waals surface area contributed by atoms with Gasteiger partial charge < -0.3 is 14.6 Å². The van der Waals surface area contributed by atoms with Crippen molar-refractivity contribution < 1.29 is 19.4 Å². The Labute approximate surface area is 90.9 Å². The highest BCUT2D eigenvalue weighted by Crippen LogP contribution is 2.07. The molecule has 4 heteroatoms. The molecule has 0 heterocycles. The summed E-state index contributed by atoms with van der Waals surface area (Å²) in [7, 11) is 0. The molecule has 0 aliphatic carbocycles. The first-order valence-electron chi connectivity index (χ1n) is 5.14. The predicted octanol–water partition coefficient (Wildman–Crippen LogP) is 1.85. The third-order valence-corrected chi connectivity index (χ3v) is 2.16. The fourth-order valence-electron chi connectivity index (χ4n) is 0.960. The van der Waals surface area contributed by atoms with Crippen LogP contribution in [-0.4, -0.2) is 37.5 Å². The van der Waals surface area contributed by atoms with Gasteiger partial charge in [0.15, 0.2) is 0 Å². The topological polar surface area (TPSA) is 55.8 Å². The van der Waals surface area contributed by atoms with Gasteiger partial charge >= 0.3 is 5.97 Å². The van der Waals surface area contributed by atoms with Gasteiger partial charge in [0, 0.05) is 12.2 Å². The Hall–Kier alpha value is -0.870. The summed E-state index contributed by atoms with van der Waals surface area (Å²) in [4.78, 5) is 10.6. The Balaban J connectivity index is 3.59. The van der Waals surface area contributed by atoms with Gasteiger partial charge in [0.05, 0.1) is 19.8 Å². The van der Waals surface area contributed by atoms with E-state index in [1.807, 2.05) is 13.8 Å². The lowest BCUT2D eigenvalue weighted by molar-refractivity contribution is -0.132. The van der Waals surface area contributed by atoms with Crippen LogP contribution in [0.5, 0.6) is 0 Å². The summed E-state index contributed by atoms with van der Waals surface area (Å²) in [5.41, 5.74) is 1.27. The van der Waals surface area contributed by atoms with Crippen molar-refractivity contribution in [1.29, 1.82) is 0 Å². The summed E-state index contributed by atoms with van der Waals surface area (Å²) in [6.07, 6.45) is 0.657. The van der Waals surface area contributed by atoms with Gasteiger partial charge in [-0.25, -0.2) is 4.79 Å². The van der Waals surface area contributed by atoms with Crippen LogP contribution < -0.4 is 0 Å². The molecule has 0 atom stereocenters. The van der Waals surface area contributed by atoms with Crippen molar-refractivity contribution in [3.8, 4) is 0 Å². The standard InChI is InChI=1S/C11H20O4/c1-4-14-7-8-15-6-5-9(2)10(3)11(12)13/h4-8H2,1-3H3,(H,12,13). The number of carboxylic acid groups (broad SMARTS) is 1. The second kappa shape index (κ2) is 8.44. The minimum Gasteiger partial charge on any atom is -0.478 e. The SMILES string of the molecule is CCOCCOCCC(C)=C(C)C(=O)O. The van der Waals surface area contributed by atoms with E-state index < -0.39 is 5.97 Å². The molecule has 0 aliphatic heterocycles. The fraction of sp³-hybridized carbons (Fsp3) is 0.727. The molecule has 0 aromatic heterocycles. The Morgan fingerprint density at radius 3 is 2.27 bits per heavy atom. The monoisotopic (exact) mass is 216 g/mol. The van der Waals surface area contributed by atoms with Crippen molar-refractivity contribution in [3.05, 3.63) is 11.1 Å². The van der Waals surface area contributed by atoms with Crippen molar-refractivity contribution in [2.45, 2.75) is 27.2 Å². The molecule has 0 radical (unpaired) electrons. The van der Waals surface area contributed by atoms with Crippen molar-refractivity contribution in [3.63, 3.8) is 0 Å². The van der Waals surface area contributed by atoms with Crippen LogP contribution in [0.25, 0.3) is 0 Å². The second-order valence-corrected chi connectivity index (χ2v) is 3.27. The van der Waals surface area contributed by atoms with Crippen molar-refractivity contribution >= 4 is 5.97 Å². The number of carboxylic acids is 1. The third-order valence-electron chi connectivity index (χ3n) is 2.16. The molecule has 0 saturated carbocycles. The zero-order valence-corrected chi connectivity index (χ0v) is 9.71. The number of carbonyl (C=O) groups is 1. The summed E-state index contributed by atoms with van der Waals surface area (Å²) in [5.74, 6) is -0.859. The van der Waals surface area contributed by atoms with E-state index >= 15 is 0 Å². The second-order valence-electron chi connectivity index (χ2n) is 3.27. The van der Waals surface area contributed by atoms with Gasteiger partial charge in [0.1, 0.15) is 0 Å². The van der Waals surface area contributed by atoms with Crippen molar-refractivity contribution in [1.82, 2.24) is 0 Å². The summed E-state index contributed by atoms with van der Waals surface area (Å²) in [5, 5.41) is 8.71. The van der Waals surface area contributed by atoms with Gasteiger partial charge in [0.25, 0.3) is 0 Å². The van der Waals surface area contributed by atoms with Crippen LogP contribution >= 0.6 is 0 Å². The van der Waals surface area contributed by atoms with Gasteiger partial charge in [-0.15, -0.1) is 0 Å². The molecular weight excluding hydrogens is 196 g/mol. The zero-order chi connectivity index (χ0) is 11.7. The van der Waals surface area contributed by atoms with E-state index in [0.717, 1.165) is 5.57 Å². The van der Waals surface area contributed by atoms with Gasteiger partial charge in [-0.1, -0.05) is 5.57 Å². The first-order valence-corrected chi connectivity index (χ1v) is 5.14. The highest BCUT2D eigenvalue weighted by atomic mass is 16.5. The van der Waals surface area contributed by atoms with Crippen LogP contribution in [0.15, 0.2) is 11.1 Å². The maximum Gasteiger partial charge on any atom is 0.331 e. The predicted molar refractivity (Wildman–Crippen MR) is 57.9 cm³/mol. The molecule has 0 aliphatic rings. The Morgan fingerprint density at radius 2 is 1.73 bits per heavy atom. The fourth-order valence-corrected chi connectivity index (χ4v) is 0.960. The molecule has 0 rings (SSSR count). The lowest BCUT2D eigenvalue weighted by atomic mass is 10.1. The highest BCUT2D eigenvalue weighted by Gasteiger charge is 2.04. The Morgan fingerprint density at radius 1 is 1.13 bits per heavy atom. The molecule has 0 unspecified atom stereocenters. The number of ether oxygens (including phenoxy) is 2. The first-order chi connectivity index (χ1) is 7.09. The molecule has 0 saturated heterocycles. The average Bonchev–Trinajstić information content (AvgIpc) is 2.21. The Kier molecular flexibility index (Phi) is 7.95. The van der Waals surface area contributed by atoms with E-state index in [4.69, 9.17) is 14.6 Å². The maximum atomic E-state index is 10.6. The molecule has 0 bridgehead atoms. The van der Waals surface area contributed by atoms with Gasteiger partial charge in [0.2, 0.25) is 0 Å². The molecule has 15 heavy (non-hydrogen) atoms. The van der Waals surface area contributed by atoms with Crippen LogP contribution in [0.4, 0.5) is 0 Å². The van der Waals surface area contributed by atoms with E-state index in [9.17, 15) is 4.79 Å². The molecule has 1 N–H and O–H groups in total. The van der Waals surface area contributed by atoms with Crippen LogP contribution in [0.1, 0.15) is 27.2 Å². The van der Waals surface area contributed by atoms with Gasteiger partial charge in [-0.05, 0) is 27.2 Å². The third kappa shape index (κ3) is 7.11. The summed E-state index contributed by atoms with van der Waals surface area (Å²) in [6, 6.07) is 0. The molecular formula is C11H20O4. The molecule has 0 aromatic rings. The first kappa shape index (κ1) is 14.1. The molecule has 0 amide bonds. The van der Waals surface area contributed by atoms with Gasteiger partial charge in [-0.3, -0.25) is 0 Å². The molecule has 0 spiro atoms. The number of hydrogen-bond acceptors (Lipinski definition) is 3. The Bertz CT molecular complexity index is 221. The van der Waals surface area contributed by atoms with Crippen molar-refractivity contribution in [2.75, 3.05) is 26.4 Å². The van der Waals surface area contributed by atoms with E-state index in [1.54, 1.807) is 6.92 Å². The van der Waals surface area contributed by atoms with Gasteiger partial charge in [-0.2, -0.15) is 0 Å². The number of aliphatic carboxylic acids is 1.